The van der Waals surface area contributed by atoms with Crippen molar-refractivity contribution in [3.05, 3.63) is 132 Å². The Balaban J connectivity index is 1.39. The Kier molecular flexibility index (Phi) is 5.21. The van der Waals surface area contributed by atoms with Crippen LogP contribution in [0.5, 0.6) is 0 Å². The van der Waals surface area contributed by atoms with Gasteiger partial charge in [0.15, 0.2) is 0 Å². The van der Waals surface area contributed by atoms with Gasteiger partial charge in [0.25, 0.3) is 0 Å². The van der Waals surface area contributed by atoms with Crippen molar-refractivity contribution in [1.82, 2.24) is 24.9 Å². The molecule has 0 amide bonds. The number of aromatic nitrogens is 4. The van der Waals surface area contributed by atoms with Crippen molar-refractivity contribution >= 4 is 33.5 Å². The van der Waals surface area contributed by atoms with E-state index in [0.717, 1.165) is 51.6 Å². The Labute approximate surface area is 214 Å². The Morgan fingerprint density at radius 1 is 0.676 bits per heavy atom. The summed E-state index contributed by atoms with van der Waals surface area (Å²) >= 11 is 0. The number of anilines is 1. The maximum Gasteiger partial charge on any atom is 0.132 e. The molecule has 0 aliphatic carbocycles. The molecule has 6 aromatic rings. The maximum atomic E-state index is 5.07. The van der Waals surface area contributed by atoms with Gasteiger partial charge >= 0.3 is 0 Å². The second kappa shape index (κ2) is 8.99. The molecule has 4 aromatic carbocycles. The number of fused-ring (bicyclic) bond motifs is 2. The zero-order valence-electron chi connectivity index (χ0n) is 20.3. The molecule has 0 bridgehead atoms. The first-order chi connectivity index (χ1) is 18.3. The number of aromatic amines is 2. The zero-order chi connectivity index (χ0) is 24.6. The third-order valence-electron chi connectivity index (χ3n) is 6.93. The van der Waals surface area contributed by atoms with Crippen LogP contribution in [-0.2, 0) is 6.42 Å². The summed E-state index contributed by atoms with van der Waals surface area (Å²) in [5, 5.41) is 4.72. The van der Waals surface area contributed by atoms with E-state index in [1.165, 1.54) is 5.56 Å². The molecule has 3 heterocycles. The molecule has 2 aromatic heterocycles. The van der Waals surface area contributed by atoms with Crippen LogP contribution in [0, 0.1) is 0 Å². The average molecular weight is 483 g/mol. The highest BCUT2D eigenvalue weighted by Gasteiger charge is 2.35. The lowest BCUT2D eigenvalue weighted by atomic mass is 10.1. The van der Waals surface area contributed by atoms with Gasteiger partial charge in [-0.15, -0.1) is 0 Å². The number of imidazole rings is 2. The average Bonchev–Trinajstić information content (AvgIpc) is 3.69. The molecule has 0 saturated heterocycles. The number of H-pyrrole nitrogens is 2. The lowest BCUT2D eigenvalue weighted by Gasteiger charge is -2.39. The number of para-hydroxylation sites is 5. The molecular formula is C31H26N6. The van der Waals surface area contributed by atoms with Gasteiger partial charge in [0, 0.05) is 6.42 Å². The molecule has 2 N–H and O–H groups in total. The first kappa shape index (κ1) is 21.4. The van der Waals surface area contributed by atoms with Crippen molar-refractivity contribution in [2.24, 2.45) is 0 Å². The van der Waals surface area contributed by atoms with E-state index in [9.17, 15) is 0 Å². The van der Waals surface area contributed by atoms with Crippen LogP contribution in [0.25, 0.3) is 27.8 Å². The second-order valence-corrected chi connectivity index (χ2v) is 9.28. The summed E-state index contributed by atoms with van der Waals surface area (Å²) in [5.41, 5.74) is 7.47. The number of rotatable bonds is 6. The fourth-order valence-electron chi connectivity index (χ4n) is 5.22. The molecule has 1 atom stereocenters. The SMILES string of the molecule is C1=C(c2ccccc2)N(C(Cc2nc3ccccc3[nH]2)c2nc3ccccc3[nH]2)N(c2ccccc2)C1. The normalized spacial score (nSPS) is 14.4. The van der Waals surface area contributed by atoms with Gasteiger partial charge in [0.2, 0.25) is 0 Å². The van der Waals surface area contributed by atoms with Crippen LogP contribution in [0.3, 0.4) is 0 Å². The van der Waals surface area contributed by atoms with E-state index in [2.05, 4.69) is 105 Å². The minimum absolute atomic E-state index is 0.123. The van der Waals surface area contributed by atoms with Gasteiger partial charge in [0.05, 0.1) is 40.0 Å². The summed E-state index contributed by atoms with van der Waals surface area (Å²) < 4.78 is 0. The summed E-state index contributed by atoms with van der Waals surface area (Å²) in [6, 6.07) is 37.4. The van der Waals surface area contributed by atoms with E-state index in [1.807, 2.05) is 30.3 Å². The van der Waals surface area contributed by atoms with Crippen LogP contribution >= 0.6 is 0 Å². The summed E-state index contributed by atoms with van der Waals surface area (Å²) in [6.45, 7) is 0.769. The lowest BCUT2D eigenvalue weighted by Crippen LogP contribution is -2.41. The van der Waals surface area contributed by atoms with Crippen LogP contribution in [-0.4, -0.2) is 31.5 Å². The number of nitrogens with one attached hydrogen (secondary N) is 2. The maximum absolute atomic E-state index is 5.07. The number of benzene rings is 4. The molecule has 0 radical (unpaired) electrons. The summed E-state index contributed by atoms with van der Waals surface area (Å²) in [5.74, 6) is 1.84. The Morgan fingerprint density at radius 3 is 2.00 bits per heavy atom. The molecule has 1 aliphatic rings. The number of nitrogens with zero attached hydrogens (tertiary/aromatic N) is 4. The molecule has 37 heavy (non-hydrogen) atoms. The van der Waals surface area contributed by atoms with E-state index in [1.54, 1.807) is 0 Å². The van der Waals surface area contributed by atoms with Gasteiger partial charge in [-0.3, -0.25) is 10.0 Å². The highest BCUT2D eigenvalue weighted by Crippen LogP contribution is 2.39. The molecule has 180 valence electrons. The summed E-state index contributed by atoms with van der Waals surface area (Å²) in [4.78, 5) is 17.2. The van der Waals surface area contributed by atoms with E-state index in [0.29, 0.717) is 6.42 Å². The van der Waals surface area contributed by atoms with E-state index < -0.39 is 0 Å². The van der Waals surface area contributed by atoms with Crippen LogP contribution in [0.15, 0.2) is 115 Å². The number of hydrazine groups is 1. The summed E-state index contributed by atoms with van der Waals surface area (Å²) in [7, 11) is 0. The van der Waals surface area contributed by atoms with Crippen LogP contribution < -0.4 is 5.01 Å². The Morgan fingerprint density at radius 2 is 1.30 bits per heavy atom. The second-order valence-electron chi connectivity index (χ2n) is 9.28. The lowest BCUT2D eigenvalue weighted by molar-refractivity contribution is 0.280. The van der Waals surface area contributed by atoms with E-state index in [-0.39, 0.29) is 6.04 Å². The molecule has 1 aliphatic heterocycles. The quantitative estimate of drug-likeness (QED) is 0.284. The third kappa shape index (κ3) is 3.93. The number of hydrogen-bond donors (Lipinski definition) is 2. The van der Waals surface area contributed by atoms with Gasteiger partial charge in [0.1, 0.15) is 17.7 Å². The molecular weight excluding hydrogens is 456 g/mol. The first-order valence-electron chi connectivity index (χ1n) is 12.6. The Bertz CT molecular complexity index is 1630. The predicted molar refractivity (Wildman–Crippen MR) is 149 cm³/mol. The van der Waals surface area contributed by atoms with Crippen molar-refractivity contribution in [3.8, 4) is 0 Å². The molecule has 7 rings (SSSR count). The highest BCUT2D eigenvalue weighted by atomic mass is 15.7. The molecule has 1 unspecified atom stereocenters. The molecule has 0 spiro atoms. The van der Waals surface area contributed by atoms with Gasteiger partial charge in [-0.2, -0.15) is 0 Å². The standard InChI is InChI=1S/C31H26N6/c1-3-11-22(12-4-1)28-19-20-36(23-13-5-2-6-14-23)37(28)29(31-34-26-17-9-10-18-27(26)35-31)21-30-32-24-15-7-8-16-25(24)33-30/h1-19,29H,20-21H2,(H,32,33)(H,34,35). The monoisotopic (exact) mass is 482 g/mol. The summed E-state index contributed by atoms with van der Waals surface area (Å²) in [6.07, 6.45) is 2.96. The largest absolute Gasteiger partial charge is 0.342 e. The van der Waals surface area contributed by atoms with Crippen molar-refractivity contribution in [3.63, 3.8) is 0 Å². The molecule has 0 fully saturated rings. The minimum Gasteiger partial charge on any atom is -0.342 e. The predicted octanol–water partition coefficient (Wildman–Crippen LogP) is 6.50. The van der Waals surface area contributed by atoms with Gasteiger partial charge < -0.3 is 9.97 Å². The van der Waals surface area contributed by atoms with Crippen molar-refractivity contribution in [1.29, 1.82) is 0 Å². The fourth-order valence-corrected chi connectivity index (χ4v) is 5.22. The van der Waals surface area contributed by atoms with Gasteiger partial charge in [-0.1, -0.05) is 72.8 Å². The van der Waals surface area contributed by atoms with Gasteiger partial charge in [-0.05, 0) is 48.0 Å². The molecule has 0 saturated carbocycles. The minimum atomic E-state index is -0.123. The highest BCUT2D eigenvalue weighted by molar-refractivity contribution is 5.76. The van der Waals surface area contributed by atoms with Crippen LogP contribution in [0.1, 0.15) is 23.3 Å². The van der Waals surface area contributed by atoms with Crippen molar-refractivity contribution in [2.75, 3.05) is 11.6 Å². The molecule has 6 heteroatoms. The van der Waals surface area contributed by atoms with Crippen LogP contribution in [0.4, 0.5) is 5.69 Å². The zero-order valence-corrected chi connectivity index (χ0v) is 20.3. The van der Waals surface area contributed by atoms with Crippen LogP contribution in [0.2, 0.25) is 0 Å². The van der Waals surface area contributed by atoms with Crippen molar-refractivity contribution < 1.29 is 0 Å². The third-order valence-corrected chi connectivity index (χ3v) is 6.93. The Hall–Kier alpha value is -4.84. The van der Waals surface area contributed by atoms with Gasteiger partial charge in [-0.25, -0.2) is 9.97 Å². The smallest absolute Gasteiger partial charge is 0.132 e. The fraction of sp³-hybridized carbons (Fsp3) is 0.0968. The van der Waals surface area contributed by atoms with E-state index >= 15 is 0 Å². The first-order valence-corrected chi connectivity index (χ1v) is 12.6. The van der Waals surface area contributed by atoms with E-state index in [4.69, 9.17) is 9.97 Å². The number of hydrogen-bond acceptors (Lipinski definition) is 4. The topological polar surface area (TPSA) is 63.8 Å². The van der Waals surface area contributed by atoms with Crippen molar-refractivity contribution in [2.45, 2.75) is 12.5 Å². The molecule has 6 nitrogen and oxygen atoms in total.